The van der Waals surface area contributed by atoms with Gasteiger partial charge in [0.05, 0.1) is 23.8 Å². The molecule has 6 heteroatoms. The topological polar surface area (TPSA) is 79.5 Å². The molecule has 98 valence electrons. The molecular weight excluding hydrogens is 258 g/mol. The van der Waals surface area contributed by atoms with E-state index in [0.29, 0.717) is 12.8 Å². The SMILES string of the molecule is O=C(O)CC1(NC(=O)c2ccoc2Cl)CCCC1. The van der Waals surface area contributed by atoms with E-state index in [1.165, 1.54) is 12.3 Å². The van der Waals surface area contributed by atoms with Gasteiger partial charge in [-0.1, -0.05) is 12.8 Å². The van der Waals surface area contributed by atoms with Crippen LogP contribution in [-0.2, 0) is 4.79 Å². The average Bonchev–Trinajstić information content (AvgIpc) is 2.86. The molecule has 1 fully saturated rings. The summed E-state index contributed by atoms with van der Waals surface area (Å²) in [6.07, 6.45) is 4.48. The Morgan fingerprint density at radius 3 is 2.61 bits per heavy atom. The predicted molar refractivity (Wildman–Crippen MR) is 64.6 cm³/mol. The summed E-state index contributed by atoms with van der Waals surface area (Å²) in [6, 6.07) is 1.47. The van der Waals surface area contributed by atoms with Crippen LogP contribution in [0.3, 0.4) is 0 Å². The Bertz CT molecular complexity index is 462. The van der Waals surface area contributed by atoms with Gasteiger partial charge in [0.25, 0.3) is 5.91 Å². The first kappa shape index (κ1) is 13.0. The fraction of sp³-hybridized carbons (Fsp3) is 0.500. The number of hydrogen-bond acceptors (Lipinski definition) is 3. The lowest BCUT2D eigenvalue weighted by Crippen LogP contribution is -2.47. The number of nitrogens with one attached hydrogen (secondary N) is 1. The second-order valence-electron chi connectivity index (χ2n) is 4.62. The van der Waals surface area contributed by atoms with Crippen LogP contribution >= 0.6 is 11.6 Å². The maximum atomic E-state index is 12.0. The zero-order valence-corrected chi connectivity index (χ0v) is 10.5. The van der Waals surface area contributed by atoms with Gasteiger partial charge in [-0.15, -0.1) is 0 Å². The van der Waals surface area contributed by atoms with Crippen LogP contribution in [0.15, 0.2) is 16.7 Å². The fourth-order valence-corrected chi connectivity index (χ4v) is 2.65. The van der Waals surface area contributed by atoms with Crippen molar-refractivity contribution < 1.29 is 19.1 Å². The van der Waals surface area contributed by atoms with Gasteiger partial charge >= 0.3 is 5.97 Å². The zero-order valence-electron chi connectivity index (χ0n) is 9.74. The Labute approximate surface area is 109 Å². The van der Waals surface area contributed by atoms with Crippen molar-refractivity contribution in [3.05, 3.63) is 23.1 Å². The number of carbonyl (C=O) groups excluding carboxylic acids is 1. The first-order chi connectivity index (χ1) is 8.52. The number of aliphatic carboxylic acids is 1. The first-order valence-electron chi connectivity index (χ1n) is 5.80. The maximum absolute atomic E-state index is 12.0. The number of carboxylic acids is 1. The number of carboxylic acid groups (broad SMARTS) is 1. The standard InChI is InChI=1S/C12H14ClNO4/c13-10-8(3-6-18-10)11(17)14-12(7-9(15)16)4-1-2-5-12/h3,6H,1-2,4-5,7H2,(H,14,17)(H,15,16). The third-order valence-electron chi connectivity index (χ3n) is 3.29. The van der Waals surface area contributed by atoms with Gasteiger partial charge in [0.15, 0.2) is 0 Å². The molecule has 2 rings (SSSR count). The molecule has 1 saturated carbocycles. The van der Waals surface area contributed by atoms with E-state index in [-0.39, 0.29) is 23.1 Å². The van der Waals surface area contributed by atoms with E-state index in [1.807, 2.05) is 0 Å². The van der Waals surface area contributed by atoms with E-state index in [2.05, 4.69) is 5.32 Å². The molecule has 0 radical (unpaired) electrons. The van der Waals surface area contributed by atoms with Crippen molar-refractivity contribution >= 4 is 23.5 Å². The van der Waals surface area contributed by atoms with Crippen LogP contribution in [0.25, 0.3) is 0 Å². The molecule has 1 aliphatic rings. The summed E-state index contributed by atoms with van der Waals surface area (Å²) in [7, 11) is 0. The van der Waals surface area contributed by atoms with E-state index in [4.69, 9.17) is 21.1 Å². The minimum absolute atomic E-state index is 0.0240. The van der Waals surface area contributed by atoms with Crippen LogP contribution in [0.4, 0.5) is 0 Å². The molecule has 1 aromatic heterocycles. The molecule has 0 unspecified atom stereocenters. The lowest BCUT2D eigenvalue weighted by Gasteiger charge is -2.28. The minimum Gasteiger partial charge on any atom is -0.481 e. The summed E-state index contributed by atoms with van der Waals surface area (Å²) in [5.74, 6) is -1.28. The molecule has 1 aliphatic carbocycles. The largest absolute Gasteiger partial charge is 0.481 e. The van der Waals surface area contributed by atoms with Crippen LogP contribution in [-0.4, -0.2) is 22.5 Å². The van der Waals surface area contributed by atoms with Crippen molar-refractivity contribution in [3.8, 4) is 0 Å². The Kier molecular flexibility index (Phi) is 3.61. The van der Waals surface area contributed by atoms with Gasteiger partial charge in [-0.3, -0.25) is 9.59 Å². The Balaban J connectivity index is 2.12. The van der Waals surface area contributed by atoms with Crippen molar-refractivity contribution in [1.82, 2.24) is 5.32 Å². The third-order valence-corrected chi connectivity index (χ3v) is 3.58. The molecule has 5 nitrogen and oxygen atoms in total. The van der Waals surface area contributed by atoms with Crippen molar-refractivity contribution in [3.63, 3.8) is 0 Å². The highest BCUT2D eigenvalue weighted by Gasteiger charge is 2.38. The molecular formula is C12H14ClNO4. The fourth-order valence-electron chi connectivity index (χ4n) is 2.45. The van der Waals surface area contributed by atoms with Crippen LogP contribution in [0.1, 0.15) is 42.5 Å². The molecule has 0 bridgehead atoms. The highest BCUT2D eigenvalue weighted by atomic mass is 35.5. The van der Waals surface area contributed by atoms with Crippen molar-refractivity contribution in [2.24, 2.45) is 0 Å². The molecule has 18 heavy (non-hydrogen) atoms. The molecule has 0 aromatic carbocycles. The summed E-state index contributed by atoms with van der Waals surface area (Å²) in [4.78, 5) is 22.9. The summed E-state index contributed by atoms with van der Waals surface area (Å²) < 4.78 is 4.85. The zero-order chi connectivity index (χ0) is 13.2. The number of furan rings is 1. The van der Waals surface area contributed by atoms with E-state index < -0.39 is 11.5 Å². The quantitative estimate of drug-likeness (QED) is 0.881. The second kappa shape index (κ2) is 5.02. The minimum atomic E-state index is -0.907. The van der Waals surface area contributed by atoms with Crippen LogP contribution in [0.2, 0.25) is 5.22 Å². The monoisotopic (exact) mass is 271 g/mol. The molecule has 0 aliphatic heterocycles. The molecule has 2 N–H and O–H groups in total. The summed E-state index contributed by atoms with van der Waals surface area (Å²) in [5.41, 5.74) is -0.405. The van der Waals surface area contributed by atoms with Crippen molar-refractivity contribution in [2.45, 2.75) is 37.6 Å². The number of halogens is 1. The molecule has 0 spiro atoms. The smallest absolute Gasteiger partial charge is 0.305 e. The van der Waals surface area contributed by atoms with Gasteiger partial charge in [-0.05, 0) is 30.5 Å². The van der Waals surface area contributed by atoms with Gasteiger partial charge in [0, 0.05) is 0 Å². The molecule has 0 atom stereocenters. The summed E-state index contributed by atoms with van der Waals surface area (Å²) in [5, 5.41) is 11.8. The number of hydrogen-bond donors (Lipinski definition) is 2. The molecule has 1 amide bonds. The van der Waals surface area contributed by atoms with Gasteiger partial charge in [0.1, 0.15) is 0 Å². The highest BCUT2D eigenvalue weighted by Crippen LogP contribution is 2.33. The van der Waals surface area contributed by atoms with E-state index in [1.54, 1.807) is 0 Å². The maximum Gasteiger partial charge on any atom is 0.305 e. The number of carbonyl (C=O) groups is 2. The highest BCUT2D eigenvalue weighted by molar-refractivity contribution is 6.32. The lowest BCUT2D eigenvalue weighted by molar-refractivity contribution is -0.138. The van der Waals surface area contributed by atoms with E-state index in [0.717, 1.165) is 12.8 Å². The Morgan fingerprint density at radius 1 is 1.44 bits per heavy atom. The Morgan fingerprint density at radius 2 is 2.11 bits per heavy atom. The van der Waals surface area contributed by atoms with Gasteiger partial charge in [0.2, 0.25) is 5.22 Å². The Hall–Kier alpha value is -1.49. The molecule has 1 aromatic rings. The van der Waals surface area contributed by atoms with Gasteiger partial charge < -0.3 is 14.8 Å². The van der Waals surface area contributed by atoms with E-state index >= 15 is 0 Å². The van der Waals surface area contributed by atoms with Crippen molar-refractivity contribution in [2.75, 3.05) is 0 Å². The second-order valence-corrected chi connectivity index (χ2v) is 4.96. The van der Waals surface area contributed by atoms with E-state index in [9.17, 15) is 9.59 Å². The van der Waals surface area contributed by atoms with Crippen LogP contribution < -0.4 is 5.32 Å². The molecule has 0 saturated heterocycles. The van der Waals surface area contributed by atoms with Crippen LogP contribution in [0, 0.1) is 0 Å². The summed E-state index contributed by atoms with van der Waals surface area (Å²) >= 11 is 5.73. The van der Waals surface area contributed by atoms with Gasteiger partial charge in [-0.25, -0.2) is 0 Å². The normalized spacial score (nSPS) is 17.6. The third kappa shape index (κ3) is 2.67. The predicted octanol–water partition coefficient (Wildman–Crippen LogP) is 2.45. The average molecular weight is 272 g/mol. The number of amides is 1. The lowest BCUT2D eigenvalue weighted by atomic mass is 9.93. The number of rotatable bonds is 4. The van der Waals surface area contributed by atoms with Gasteiger partial charge in [-0.2, -0.15) is 0 Å². The summed E-state index contributed by atoms with van der Waals surface area (Å²) in [6.45, 7) is 0. The van der Waals surface area contributed by atoms with Crippen molar-refractivity contribution in [1.29, 1.82) is 0 Å². The molecule has 1 heterocycles. The van der Waals surface area contributed by atoms with Crippen LogP contribution in [0.5, 0.6) is 0 Å². The first-order valence-corrected chi connectivity index (χ1v) is 6.17.